The molecule has 0 spiro atoms. The second kappa shape index (κ2) is 28.1. The van der Waals surface area contributed by atoms with Gasteiger partial charge in [0.05, 0.1) is 48.8 Å². The Labute approximate surface area is 483 Å². The molecule has 0 N–H and O–H groups in total. The van der Waals surface area contributed by atoms with Crippen LogP contribution in [0.15, 0.2) is 0 Å². The van der Waals surface area contributed by atoms with Gasteiger partial charge in [-0.05, 0) is 254 Å². The van der Waals surface area contributed by atoms with Crippen LogP contribution in [-0.2, 0) is 33.3 Å². The van der Waals surface area contributed by atoms with Crippen molar-refractivity contribution in [2.75, 3.05) is 0 Å². The number of rotatable bonds is 17. The molecule has 0 aromatic carbocycles. The standard InChI is InChI=1S/C68H106F6O7/c1-43-8-11-46(12-9-43)63(75)48-17-27-54(28-18-48)79-57-33-23-51(24-34-57)66(67(69,70)71,68(72,73)74)52-25-35-58(36-26-52)80-55-29-19-49(20-30-55)64(76)47-15-13-45(14-16-47)61-41-10-44(2)42-62(61)65(77)50-21-31-56(32-22-50)81-60-39-37-59(38-40-60)78-53-6-4-3-5-7-53/h43-62H,3-42H2,1-2H3. The first-order valence-corrected chi connectivity index (χ1v) is 34.3. The number of carbonyl (C=O) groups excluding carboxylic acids is 3. The Morgan fingerprint density at radius 2 is 0.593 bits per heavy atom. The van der Waals surface area contributed by atoms with E-state index in [0.717, 1.165) is 128 Å². The van der Waals surface area contributed by atoms with Crippen LogP contribution in [0.2, 0.25) is 0 Å². The maximum absolute atomic E-state index is 15.3. The molecule has 10 aliphatic carbocycles. The summed E-state index contributed by atoms with van der Waals surface area (Å²) in [6.45, 7) is 4.55. The highest BCUT2D eigenvalue weighted by molar-refractivity contribution is 5.85. The molecule has 81 heavy (non-hydrogen) atoms. The zero-order valence-corrected chi connectivity index (χ0v) is 50.0. The second-order valence-corrected chi connectivity index (χ2v) is 29.4. The van der Waals surface area contributed by atoms with Crippen LogP contribution in [0.25, 0.3) is 0 Å². The number of alkyl halides is 6. The lowest BCUT2D eigenvalue weighted by molar-refractivity contribution is -0.383. The van der Waals surface area contributed by atoms with Gasteiger partial charge in [0.2, 0.25) is 0 Å². The van der Waals surface area contributed by atoms with Gasteiger partial charge in [-0.3, -0.25) is 14.4 Å². The van der Waals surface area contributed by atoms with Crippen molar-refractivity contribution in [2.24, 2.45) is 76.4 Å². The quantitative estimate of drug-likeness (QED) is 0.134. The van der Waals surface area contributed by atoms with Crippen LogP contribution >= 0.6 is 0 Å². The molecule has 13 heteroatoms. The predicted octanol–water partition coefficient (Wildman–Crippen LogP) is 18.0. The molecule has 0 heterocycles. The Kier molecular flexibility index (Phi) is 21.7. The molecule has 0 aromatic heterocycles. The average molecular weight is 1150 g/mol. The number of Topliss-reactive ketones (excluding diaryl/α,β-unsaturated/α-hetero) is 3. The van der Waals surface area contributed by atoms with Crippen LogP contribution in [-0.4, -0.2) is 78.5 Å². The number of halogens is 6. The van der Waals surface area contributed by atoms with Crippen LogP contribution in [0, 0.1) is 76.4 Å². The molecule has 462 valence electrons. The lowest BCUT2D eigenvalue weighted by atomic mass is 9.57. The first-order valence-electron chi connectivity index (χ1n) is 34.3. The Hall–Kier alpha value is -1.57. The molecule has 0 amide bonds. The molecule has 0 bridgehead atoms. The van der Waals surface area contributed by atoms with Gasteiger partial charge in [0.15, 0.2) is 5.41 Å². The third-order valence-corrected chi connectivity index (χ3v) is 24.2. The summed E-state index contributed by atoms with van der Waals surface area (Å²) in [7, 11) is 0. The maximum atomic E-state index is 15.3. The monoisotopic (exact) mass is 1150 g/mol. The summed E-state index contributed by atoms with van der Waals surface area (Å²) in [6, 6.07) is 0. The number of hydrogen-bond donors (Lipinski definition) is 0. The van der Waals surface area contributed by atoms with Crippen LogP contribution in [0.1, 0.15) is 271 Å². The van der Waals surface area contributed by atoms with Crippen LogP contribution < -0.4 is 0 Å². The van der Waals surface area contributed by atoms with E-state index in [1.807, 2.05) is 0 Å². The highest BCUT2D eigenvalue weighted by Crippen LogP contribution is 2.65. The van der Waals surface area contributed by atoms with E-state index in [2.05, 4.69) is 13.8 Å². The maximum Gasteiger partial charge on any atom is 0.403 e. The number of carbonyl (C=O) groups is 3. The van der Waals surface area contributed by atoms with Crippen molar-refractivity contribution in [3.8, 4) is 0 Å². The average Bonchev–Trinajstić information content (AvgIpc) is 3.50. The zero-order valence-electron chi connectivity index (χ0n) is 50.0. The Balaban J connectivity index is 0.627. The SMILES string of the molecule is CC1CCC(C(=O)C2CCC(OC3CCC(C(C4CCC(OC5CCC(C(=O)C6CCC(C7CCC(C)CC7C(=O)C7CCC(OC8CCC(OC9CCCCC9)CC8)CC7)CC6)CC5)CC4)(C(F)(F)F)C(F)(F)F)CC3)CC2)CC1. The minimum Gasteiger partial charge on any atom is -0.375 e. The Morgan fingerprint density at radius 1 is 0.309 bits per heavy atom. The van der Waals surface area contributed by atoms with Crippen molar-refractivity contribution < 1.29 is 59.7 Å². The summed E-state index contributed by atoms with van der Waals surface area (Å²) in [5.41, 5.74) is -3.77. The fourth-order valence-electron chi connectivity index (χ4n) is 19.4. The molecule has 10 rings (SSSR count). The van der Waals surface area contributed by atoms with Crippen LogP contribution in [0.5, 0.6) is 0 Å². The van der Waals surface area contributed by atoms with E-state index in [-0.39, 0.29) is 117 Å². The van der Waals surface area contributed by atoms with E-state index in [1.165, 1.54) is 38.5 Å². The highest BCUT2D eigenvalue weighted by Gasteiger charge is 2.76. The van der Waals surface area contributed by atoms with Gasteiger partial charge in [0.1, 0.15) is 17.3 Å². The van der Waals surface area contributed by atoms with Gasteiger partial charge in [-0.2, -0.15) is 26.3 Å². The van der Waals surface area contributed by atoms with Gasteiger partial charge in [-0.25, -0.2) is 0 Å². The highest BCUT2D eigenvalue weighted by atomic mass is 19.4. The number of ether oxygens (including phenoxy) is 4. The van der Waals surface area contributed by atoms with Crippen LogP contribution in [0.4, 0.5) is 26.3 Å². The molecule has 10 aliphatic rings. The second-order valence-electron chi connectivity index (χ2n) is 29.4. The molecule has 0 radical (unpaired) electrons. The lowest BCUT2D eigenvalue weighted by Crippen LogP contribution is -2.61. The van der Waals surface area contributed by atoms with Crippen molar-refractivity contribution in [1.82, 2.24) is 0 Å². The molecule has 3 atom stereocenters. The third kappa shape index (κ3) is 15.2. The zero-order chi connectivity index (χ0) is 56.9. The summed E-state index contributed by atoms with van der Waals surface area (Å²) in [4.78, 5) is 41.8. The van der Waals surface area contributed by atoms with E-state index < -0.39 is 29.6 Å². The molecular formula is C68H106F6O7. The van der Waals surface area contributed by atoms with Crippen molar-refractivity contribution >= 4 is 17.3 Å². The lowest BCUT2D eigenvalue weighted by Gasteiger charge is -2.51. The van der Waals surface area contributed by atoms with Crippen molar-refractivity contribution in [3.63, 3.8) is 0 Å². The van der Waals surface area contributed by atoms with E-state index in [9.17, 15) is 14.4 Å². The molecule has 0 aliphatic heterocycles. The summed E-state index contributed by atoms with van der Waals surface area (Å²) in [6.07, 6.45) is 21.0. The molecule has 7 nitrogen and oxygen atoms in total. The Morgan fingerprint density at radius 3 is 0.951 bits per heavy atom. The van der Waals surface area contributed by atoms with Gasteiger partial charge in [-0.1, -0.05) is 52.4 Å². The summed E-state index contributed by atoms with van der Waals surface area (Å²) in [5, 5.41) is 0. The first kappa shape index (κ1) is 62.5. The molecule has 0 aromatic rings. The van der Waals surface area contributed by atoms with Gasteiger partial charge < -0.3 is 18.9 Å². The topological polar surface area (TPSA) is 88.1 Å². The van der Waals surface area contributed by atoms with E-state index in [0.29, 0.717) is 97.9 Å². The third-order valence-electron chi connectivity index (χ3n) is 24.2. The van der Waals surface area contributed by atoms with E-state index >= 15 is 26.3 Å². The fraction of sp³-hybridized carbons (Fsp3) is 0.956. The molecule has 10 saturated carbocycles. The Bertz CT molecular complexity index is 1940. The minimum atomic E-state index is -5.44. The van der Waals surface area contributed by atoms with Crippen molar-refractivity contribution in [2.45, 2.75) is 332 Å². The van der Waals surface area contributed by atoms with E-state index in [4.69, 9.17) is 18.9 Å². The fourth-order valence-corrected chi connectivity index (χ4v) is 19.4. The van der Waals surface area contributed by atoms with Crippen molar-refractivity contribution in [1.29, 1.82) is 0 Å². The molecular weight excluding hydrogens is 1040 g/mol. The normalized spacial score (nSPS) is 41.3. The molecule has 3 unspecified atom stereocenters. The number of hydrogen-bond acceptors (Lipinski definition) is 7. The summed E-state index contributed by atoms with van der Waals surface area (Å²) >= 11 is 0. The molecule has 10 fully saturated rings. The van der Waals surface area contributed by atoms with Gasteiger partial charge in [-0.15, -0.1) is 0 Å². The smallest absolute Gasteiger partial charge is 0.375 e. The molecule has 0 saturated heterocycles. The predicted molar refractivity (Wildman–Crippen MR) is 302 cm³/mol. The van der Waals surface area contributed by atoms with E-state index in [1.54, 1.807) is 0 Å². The van der Waals surface area contributed by atoms with Gasteiger partial charge in [0.25, 0.3) is 0 Å². The minimum absolute atomic E-state index is 0.0321. The number of ketones is 3. The first-order chi connectivity index (χ1) is 38.9. The summed E-state index contributed by atoms with van der Waals surface area (Å²) in [5.74, 6) is 0.664. The van der Waals surface area contributed by atoms with Gasteiger partial charge >= 0.3 is 12.4 Å². The summed E-state index contributed by atoms with van der Waals surface area (Å²) < 4.78 is 118. The van der Waals surface area contributed by atoms with Gasteiger partial charge in [0, 0.05) is 35.5 Å². The van der Waals surface area contributed by atoms with Crippen LogP contribution in [0.3, 0.4) is 0 Å². The largest absolute Gasteiger partial charge is 0.403 e. The van der Waals surface area contributed by atoms with Crippen molar-refractivity contribution in [3.05, 3.63) is 0 Å².